The molecule has 1 aliphatic heterocycles. The third-order valence-corrected chi connectivity index (χ3v) is 4.65. The molecule has 2 heterocycles. The lowest BCUT2D eigenvalue weighted by molar-refractivity contribution is -0.130. The highest BCUT2D eigenvalue weighted by atomic mass is 16.2. The lowest BCUT2D eigenvalue weighted by Crippen LogP contribution is -2.50. The van der Waals surface area contributed by atoms with Gasteiger partial charge in [-0.05, 0) is 37.6 Å². The number of hydrogen-bond acceptors (Lipinski definition) is 3. The Hall–Kier alpha value is -2.63. The molecule has 1 aromatic carbocycles. The maximum Gasteiger partial charge on any atom is 0.253 e. The number of hydrogen-bond donors (Lipinski definition) is 0. The van der Waals surface area contributed by atoms with E-state index in [2.05, 4.69) is 11.2 Å². The van der Waals surface area contributed by atoms with Crippen molar-refractivity contribution in [3.8, 4) is 0 Å². The summed E-state index contributed by atoms with van der Waals surface area (Å²) in [4.78, 5) is 27.6. The molecule has 132 valence electrons. The third-order valence-electron chi connectivity index (χ3n) is 4.65. The zero-order chi connectivity index (χ0) is 18.0. The van der Waals surface area contributed by atoms with E-state index in [4.69, 9.17) is 0 Å². The Bertz CT molecular complexity index is 771. The minimum atomic E-state index is 0.0286. The Kier molecular flexibility index (Phi) is 4.88. The Morgan fingerprint density at radius 3 is 2.12 bits per heavy atom. The fourth-order valence-electron chi connectivity index (χ4n) is 3.17. The summed E-state index contributed by atoms with van der Waals surface area (Å²) in [5.41, 5.74) is 3.94. The van der Waals surface area contributed by atoms with Crippen LogP contribution in [0.4, 0.5) is 0 Å². The minimum absolute atomic E-state index is 0.0286. The number of rotatable bonds is 3. The normalized spacial score (nSPS) is 14.7. The maximum absolute atomic E-state index is 12.6. The van der Waals surface area contributed by atoms with Crippen LogP contribution in [0.2, 0.25) is 0 Å². The number of aryl methyl sites for hydroxylation is 2. The van der Waals surface area contributed by atoms with E-state index in [9.17, 15) is 9.59 Å². The smallest absolute Gasteiger partial charge is 0.253 e. The quantitative estimate of drug-likeness (QED) is 0.857. The van der Waals surface area contributed by atoms with E-state index in [0.29, 0.717) is 38.3 Å². The second-order valence-corrected chi connectivity index (χ2v) is 6.58. The molecule has 1 saturated heterocycles. The Labute approximate surface area is 148 Å². The monoisotopic (exact) mass is 340 g/mol. The maximum atomic E-state index is 12.6. The van der Waals surface area contributed by atoms with Gasteiger partial charge in [-0.3, -0.25) is 14.3 Å². The fourth-order valence-corrected chi connectivity index (χ4v) is 3.17. The summed E-state index contributed by atoms with van der Waals surface area (Å²) in [6, 6.07) is 9.77. The van der Waals surface area contributed by atoms with E-state index in [0.717, 1.165) is 17.0 Å². The summed E-state index contributed by atoms with van der Waals surface area (Å²) < 4.78 is 1.97. The van der Waals surface area contributed by atoms with Crippen molar-refractivity contribution in [1.29, 1.82) is 0 Å². The van der Waals surface area contributed by atoms with Crippen molar-refractivity contribution in [2.75, 3.05) is 26.2 Å². The van der Waals surface area contributed by atoms with Gasteiger partial charge in [-0.1, -0.05) is 12.1 Å². The SMILES string of the molecule is CC(=O)N1CCN(C(=O)c2ccc(Cn3nc(C)cc3C)cc2)CC1. The molecule has 6 nitrogen and oxygen atoms in total. The molecule has 0 saturated carbocycles. The molecule has 0 bridgehead atoms. The average Bonchev–Trinajstić information content (AvgIpc) is 2.92. The molecule has 2 amide bonds. The van der Waals surface area contributed by atoms with Gasteiger partial charge in [0.25, 0.3) is 5.91 Å². The first-order valence-corrected chi connectivity index (χ1v) is 8.59. The first-order valence-electron chi connectivity index (χ1n) is 8.59. The van der Waals surface area contributed by atoms with E-state index in [1.807, 2.05) is 47.7 Å². The first kappa shape index (κ1) is 17.2. The summed E-state index contributed by atoms with van der Waals surface area (Å²) in [5.74, 6) is 0.0986. The van der Waals surface area contributed by atoms with Crippen LogP contribution in [0.5, 0.6) is 0 Å². The van der Waals surface area contributed by atoms with Crippen molar-refractivity contribution >= 4 is 11.8 Å². The van der Waals surface area contributed by atoms with Crippen molar-refractivity contribution in [3.05, 3.63) is 52.8 Å². The van der Waals surface area contributed by atoms with E-state index >= 15 is 0 Å². The van der Waals surface area contributed by atoms with Gasteiger partial charge in [0, 0.05) is 44.4 Å². The second kappa shape index (κ2) is 7.09. The summed E-state index contributed by atoms with van der Waals surface area (Å²) >= 11 is 0. The van der Waals surface area contributed by atoms with Crippen molar-refractivity contribution in [3.63, 3.8) is 0 Å². The van der Waals surface area contributed by atoms with Gasteiger partial charge in [-0.15, -0.1) is 0 Å². The van der Waals surface area contributed by atoms with Crippen LogP contribution in [0.25, 0.3) is 0 Å². The van der Waals surface area contributed by atoms with Gasteiger partial charge in [0.2, 0.25) is 5.91 Å². The lowest BCUT2D eigenvalue weighted by Gasteiger charge is -2.34. The summed E-state index contributed by atoms with van der Waals surface area (Å²) in [7, 11) is 0. The van der Waals surface area contributed by atoms with Gasteiger partial charge >= 0.3 is 0 Å². The van der Waals surface area contributed by atoms with Gasteiger partial charge in [-0.25, -0.2) is 0 Å². The highest BCUT2D eigenvalue weighted by Crippen LogP contribution is 2.12. The zero-order valence-corrected chi connectivity index (χ0v) is 15.0. The highest BCUT2D eigenvalue weighted by molar-refractivity contribution is 5.94. The van der Waals surface area contributed by atoms with Crippen LogP contribution >= 0.6 is 0 Å². The van der Waals surface area contributed by atoms with Crippen LogP contribution in [0.1, 0.15) is 34.2 Å². The molecule has 0 radical (unpaired) electrons. The fraction of sp³-hybridized carbons (Fsp3) is 0.421. The van der Waals surface area contributed by atoms with E-state index in [1.165, 1.54) is 0 Å². The molecule has 2 aromatic rings. The van der Waals surface area contributed by atoms with Gasteiger partial charge in [0.05, 0.1) is 12.2 Å². The molecule has 1 aromatic heterocycles. The molecule has 1 aliphatic rings. The molecular weight excluding hydrogens is 316 g/mol. The Balaban J connectivity index is 1.63. The van der Waals surface area contributed by atoms with Gasteiger partial charge in [-0.2, -0.15) is 5.10 Å². The van der Waals surface area contributed by atoms with E-state index < -0.39 is 0 Å². The zero-order valence-electron chi connectivity index (χ0n) is 15.0. The molecule has 0 spiro atoms. The van der Waals surface area contributed by atoms with Crippen LogP contribution in [-0.2, 0) is 11.3 Å². The summed E-state index contributed by atoms with van der Waals surface area (Å²) in [6.07, 6.45) is 0. The third kappa shape index (κ3) is 3.90. The van der Waals surface area contributed by atoms with Crippen molar-refractivity contribution in [2.45, 2.75) is 27.3 Å². The average molecular weight is 340 g/mol. The topological polar surface area (TPSA) is 58.4 Å². The molecule has 3 rings (SSSR count). The van der Waals surface area contributed by atoms with Crippen LogP contribution < -0.4 is 0 Å². The standard InChI is InChI=1S/C19H24N4O2/c1-14-12-15(2)23(20-14)13-17-4-6-18(7-5-17)19(25)22-10-8-21(9-11-22)16(3)24/h4-7,12H,8-11,13H2,1-3H3. The Morgan fingerprint density at radius 2 is 1.60 bits per heavy atom. The van der Waals surface area contributed by atoms with E-state index in [-0.39, 0.29) is 11.8 Å². The number of carbonyl (C=O) groups excluding carboxylic acids is 2. The predicted octanol–water partition coefficient (Wildman–Crippen LogP) is 1.85. The lowest BCUT2D eigenvalue weighted by atomic mass is 10.1. The second-order valence-electron chi connectivity index (χ2n) is 6.58. The van der Waals surface area contributed by atoms with Gasteiger partial charge in [0.15, 0.2) is 0 Å². The predicted molar refractivity (Wildman–Crippen MR) is 95.4 cm³/mol. The number of carbonyl (C=O) groups is 2. The first-order chi connectivity index (χ1) is 11.9. The highest BCUT2D eigenvalue weighted by Gasteiger charge is 2.23. The van der Waals surface area contributed by atoms with Crippen LogP contribution in [0.3, 0.4) is 0 Å². The minimum Gasteiger partial charge on any atom is -0.339 e. The van der Waals surface area contributed by atoms with Crippen molar-refractivity contribution in [2.24, 2.45) is 0 Å². The molecule has 6 heteroatoms. The molecule has 0 N–H and O–H groups in total. The molecule has 1 fully saturated rings. The molecule has 25 heavy (non-hydrogen) atoms. The van der Waals surface area contributed by atoms with Crippen LogP contribution in [0.15, 0.2) is 30.3 Å². The van der Waals surface area contributed by atoms with Crippen LogP contribution in [-0.4, -0.2) is 57.6 Å². The number of amides is 2. The van der Waals surface area contributed by atoms with Gasteiger partial charge < -0.3 is 9.80 Å². The molecular formula is C19H24N4O2. The number of nitrogens with zero attached hydrogens (tertiary/aromatic N) is 4. The number of aromatic nitrogens is 2. The largest absolute Gasteiger partial charge is 0.339 e. The number of benzene rings is 1. The van der Waals surface area contributed by atoms with Gasteiger partial charge in [0.1, 0.15) is 0 Å². The molecule has 0 atom stereocenters. The van der Waals surface area contributed by atoms with Crippen molar-refractivity contribution in [1.82, 2.24) is 19.6 Å². The van der Waals surface area contributed by atoms with Crippen LogP contribution in [0, 0.1) is 13.8 Å². The summed E-state index contributed by atoms with van der Waals surface area (Å²) in [6.45, 7) is 8.69. The summed E-state index contributed by atoms with van der Waals surface area (Å²) in [5, 5.41) is 4.47. The Morgan fingerprint density at radius 1 is 1.00 bits per heavy atom. The van der Waals surface area contributed by atoms with Crippen molar-refractivity contribution < 1.29 is 9.59 Å². The molecule has 0 unspecified atom stereocenters. The number of piperazine rings is 1. The molecule has 0 aliphatic carbocycles. The van der Waals surface area contributed by atoms with E-state index in [1.54, 1.807) is 11.8 Å².